The first-order valence-electron chi connectivity index (χ1n) is 11.6. The van der Waals surface area contributed by atoms with Gasteiger partial charge in [0.2, 0.25) is 0 Å². The van der Waals surface area contributed by atoms with E-state index in [0.29, 0.717) is 10.6 Å². The molecule has 7 nitrogen and oxygen atoms in total. The number of benzene rings is 2. The Morgan fingerprint density at radius 3 is 2.42 bits per heavy atom. The van der Waals surface area contributed by atoms with Gasteiger partial charge < -0.3 is 14.7 Å². The number of carbonyl (C=O) groups is 2. The van der Waals surface area contributed by atoms with Crippen LogP contribution in [0.3, 0.4) is 0 Å². The molecule has 1 amide bonds. The van der Waals surface area contributed by atoms with Crippen LogP contribution in [0.4, 0.5) is 23.2 Å². The third-order valence-electron chi connectivity index (χ3n) is 5.63. The molecule has 0 aliphatic rings. The van der Waals surface area contributed by atoms with E-state index in [0.717, 1.165) is 29.2 Å². The van der Waals surface area contributed by atoms with Gasteiger partial charge in [-0.25, -0.2) is 19.2 Å². The second-order valence-electron chi connectivity index (χ2n) is 8.77. The van der Waals surface area contributed by atoms with Gasteiger partial charge in [-0.3, -0.25) is 4.79 Å². The van der Waals surface area contributed by atoms with Crippen LogP contribution in [0.25, 0.3) is 0 Å². The van der Waals surface area contributed by atoms with E-state index in [2.05, 4.69) is 9.97 Å². The molecule has 0 atom stereocenters. The van der Waals surface area contributed by atoms with Gasteiger partial charge in [-0.2, -0.15) is 13.2 Å². The third-order valence-corrected chi connectivity index (χ3v) is 6.63. The Bertz CT molecular complexity index is 1540. The van der Waals surface area contributed by atoms with Crippen LogP contribution >= 0.6 is 22.9 Å². The first-order valence-corrected chi connectivity index (χ1v) is 12.9. The van der Waals surface area contributed by atoms with Crippen LogP contribution in [0, 0.1) is 5.82 Å². The van der Waals surface area contributed by atoms with Gasteiger partial charge in [0, 0.05) is 42.4 Å². The Morgan fingerprint density at radius 1 is 1.10 bits per heavy atom. The fourth-order valence-corrected chi connectivity index (χ4v) is 4.63. The highest BCUT2D eigenvalue weighted by atomic mass is 35.5. The fraction of sp³-hybridized carbons (Fsp3) is 0.185. The lowest BCUT2D eigenvalue weighted by Gasteiger charge is -2.28. The van der Waals surface area contributed by atoms with Crippen molar-refractivity contribution in [2.24, 2.45) is 0 Å². The van der Waals surface area contributed by atoms with E-state index in [1.807, 2.05) is 0 Å². The molecule has 0 radical (unpaired) electrons. The average Bonchev–Trinajstić information content (AvgIpc) is 3.39. The maximum Gasteiger partial charge on any atom is 0.419 e. The summed E-state index contributed by atoms with van der Waals surface area (Å²) in [6.45, 7) is 3.15. The molecule has 0 aliphatic heterocycles. The quantitative estimate of drug-likeness (QED) is 0.213. The number of amides is 1. The van der Waals surface area contributed by atoms with Gasteiger partial charge in [0.05, 0.1) is 26.8 Å². The molecule has 0 unspecified atom stereocenters. The van der Waals surface area contributed by atoms with E-state index < -0.39 is 52.5 Å². The van der Waals surface area contributed by atoms with E-state index >= 15 is 4.39 Å². The molecule has 0 saturated carbocycles. The molecule has 0 spiro atoms. The number of carboxylic acids is 1. The van der Waals surface area contributed by atoms with E-state index in [-0.39, 0.29) is 22.8 Å². The number of nitrogens with zero attached hydrogens (tertiary/aromatic N) is 3. The second kappa shape index (κ2) is 11.6. The Balaban J connectivity index is 1.74. The van der Waals surface area contributed by atoms with Crippen molar-refractivity contribution in [3.63, 3.8) is 0 Å². The summed E-state index contributed by atoms with van der Waals surface area (Å²) in [6, 6.07) is 6.85. The molecule has 0 saturated heterocycles. The van der Waals surface area contributed by atoms with E-state index in [1.165, 1.54) is 41.9 Å². The maximum absolute atomic E-state index is 15.3. The minimum atomic E-state index is -4.85. The number of anilines is 1. The number of aromatic nitrogens is 2. The predicted molar refractivity (Wildman–Crippen MR) is 141 cm³/mol. The Labute approximate surface area is 234 Å². The number of alkyl halides is 3. The summed E-state index contributed by atoms with van der Waals surface area (Å²) in [5, 5.41) is 12.4. The predicted octanol–water partition coefficient (Wildman–Crippen LogP) is 7.49. The number of aromatic carboxylic acids is 1. The van der Waals surface area contributed by atoms with Gasteiger partial charge in [0.25, 0.3) is 5.91 Å². The van der Waals surface area contributed by atoms with Crippen LogP contribution in [0.1, 0.15) is 50.8 Å². The molecule has 2 aromatic carbocycles. The second-order valence-corrected chi connectivity index (χ2v) is 10.2. The van der Waals surface area contributed by atoms with Crippen molar-refractivity contribution in [2.45, 2.75) is 32.5 Å². The zero-order chi connectivity index (χ0) is 29.2. The summed E-state index contributed by atoms with van der Waals surface area (Å²) < 4.78 is 62.3. The smallest absolute Gasteiger partial charge is 0.419 e. The first-order chi connectivity index (χ1) is 18.8. The average molecular weight is 594 g/mol. The fourth-order valence-electron chi connectivity index (χ4n) is 3.87. The number of carbonyl (C=O) groups excluding carboxylic acids is 1. The Morgan fingerprint density at radius 2 is 1.85 bits per heavy atom. The maximum atomic E-state index is 15.3. The molecular weight excluding hydrogens is 574 g/mol. The zero-order valence-corrected chi connectivity index (χ0v) is 22.4. The molecule has 2 aromatic heterocycles. The molecule has 4 aromatic rings. The molecule has 4 rings (SSSR count). The standard InChI is InChI=1S/C27H20ClF4N3O4S/c1-14(2)35(25(36)20-5-4-16(28)13-34-20)21-12-19(29)23(11-17(21)26(37)38)39-22-6-3-15(9-18(22)27(30,31)32)10-24-33-7-8-40-24/h3-9,11-14H,10H2,1-2H3,(H,37,38). The highest BCUT2D eigenvalue weighted by Gasteiger charge is 2.36. The molecule has 208 valence electrons. The van der Waals surface area contributed by atoms with Crippen LogP contribution in [-0.4, -0.2) is 33.0 Å². The number of rotatable bonds is 8. The first kappa shape index (κ1) is 29.0. The van der Waals surface area contributed by atoms with Crippen molar-refractivity contribution >= 4 is 40.5 Å². The van der Waals surface area contributed by atoms with Gasteiger partial charge in [-0.15, -0.1) is 11.3 Å². The van der Waals surface area contributed by atoms with Crippen molar-refractivity contribution < 1.29 is 37.0 Å². The van der Waals surface area contributed by atoms with Crippen LogP contribution in [-0.2, 0) is 12.6 Å². The van der Waals surface area contributed by atoms with Gasteiger partial charge >= 0.3 is 12.1 Å². The third kappa shape index (κ3) is 6.40. The lowest BCUT2D eigenvalue weighted by molar-refractivity contribution is -0.138. The highest BCUT2D eigenvalue weighted by Crippen LogP contribution is 2.41. The minimum absolute atomic E-state index is 0.0807. The summed E-state index contributed by atoms with van der Waals surface area (Å²) in [4.78, 5) is 34.4. The molecule has 2 heterocycles. The topological polar surface area (TPSA) is 92.6 Å². The van der Waals surface area contributed by atoms with Crippen molar-refractivity contribution in [1.82, 2.24) is 9.97 Å². The molecule has 0 aliphatic carbocycles. The van der Waals surface area contributed by atoms with E-state index in [9.17, 15) is 27.9 Å². The summed E-state index contributed by atoms with van der Waals surface area (Å²) in [5.74, 6) is -4.96. The molecular formula is C27H20ClF4N3O4S. The van der Waals surface area contributed by atoms with Crippen LogP contribution in [0.2, 0.25) is 5.02 Å². The number of ether oxygens (including phenoxy) is 1. The summed E-state index contributed by atoms with van der Waals surface area (Å²) in [5.41, 5.74) is -1.85. The largest absolute Gasteiger partial charge is 0.478 e. The summed E-state index contributed by atoms with van der Waals surface area (Å²) >= 11 is 7.11. The number of hydrogen-bond acceptors (Lipinski definition) is 6. The number of carboxylic acid groups (broad SMARTS) is 1. The number of halogens is 5. The Kier molecular flexibility index (Phi) is 8.40. The molecule has 0 fully saturated rings. The Hall–Kier alpha value is -4.03. The van der Waals surface area contributed by atoms with Crippen LogP contribution in [0.5, 0.6) is 11.5 Å². The summed E-state index contributed by atoms with van der Waals surface area (Å²) in [6.07, 6.45) is -1.94. The van der Waals surface area contributed by atoms with Crippen LogP contribution in [0.15, 0.2) is 60.2 Å². The lowest BCUT2D eigenvalue weighted by Crippen LogP contribution is -2.38. The highest BCUT2D eigenvalue weighted by molar-refractivity contribution is 7.09. The van der Waals surface area contributed by atoms with Gasteiger partial charge in [0.15, 0.2) is 11.6 Å². The van der Waals surface area contributed by atoms with Gasteiger partial charge in [-0.05, 0) is 43.7 Å². The summed E-state index contributed by atoms with van der Waals surface area (Å²) in [7, 11) is 0. The van der Waals surface area contributed by atoms with Crippen molar-refractivity contribution in [3.05, 3.63) is 98.5 Å². The van der Waals surface area contributed by atoms with Crippen molar-refractivity contribution in [2.75, 3.05) is 4.90 Å². The van der Waals surface area contributed by atoms with E-state index in [1.54, 1.807) is 19.2 Å². The van der Waals surface area contributed by atoms with Crippen molar-refractivity contribution in [3.8, 4) is 11.5 Å². The van der Waals surface area contributed by atoms with Crippen LogP contribution < -0.4 is 9.64 Å². The molecule has 40 heavy (non-hydrogen) atoms. The number of hydrogen-bond donors (Lipinski definition) is 1. The van der Waals surface area contributed by atoms with E-state index in [4.69, 9.17) is 16.3 Å². The SMILES string of the molecule is CC(C)N(C(=O)c1ccc(Cl)cn1)c1cc(F)c(Oc2ccc(Cc3nccs3)cc2C(F)(F)F)cc1C(=O)O. The van der Waals surface area contributed by atoms with Gasteiger partial charge in [-0.1, -0.05) is 17.7 Å². The monoisotopic (exact) mass is 593 g/mol. The van der Waals surface area contributed by atoms with Gasteiger partial charge in [0.1, 0.15) is 11.4 Å². The molecule has 0 bridgehead atoms. The normalized spacial score (nSPS) is 11.5. The number of pyridine rings is 1. The zero-order valence-electron chi connectivity index (χ0n) is 20.9. The molecule has 13 heteroatoms. The lowest BCUT2D eigenvalue weighted by atomic mass is 10.1. The number of thiazole rings is 1. The van der Waals surface area contributed by atoms with Crippen molar-refractivity contribution in [1.29, 1.82) is 0 Å². The minimum Gasteiger partial charge on any atom is -0.478 e. The molecule has 1 N–H and O–H groups in total.